The van der Waals surface area contributed by atoms with Crippen molar-refractivity contribution in [1.82, 2.24) is 0 Å². The molecule has 5 N–H and O–H groups in total. The highest BCUT2D eigenvalue weighted by Gasteiger charge is 2.06. The Morgan fingerprint density at radius 1 is 0.429 bits per heavy atom. The molecule has 0 aromatic heterocycles. The monoisotopic (exact) mass is 672 g/mol. The van der Waals surface area contributed by atoms with Crippen molar-refractivity contribution in [1.29, 1.82) is 0 Å². The number of ketones is 4. The van der Waals surface area contributed by atoms with Crippen LogP contribution in [0.5, 0.6) is 28.7 Å². The smallest absolute Gasteiger partial charge is 0.160 e. The van der Waals surface area contributed by atoms with Crippen LogP contribution in [0, 0.1) is 0 Å². The van der Waals surface area contributed by atoms with E-state index in [1.54, 1.807) is 75.4 Å². The summed E-state index contributed by atoms with van der Waals surface area (Å²) in [5.41, 5.74) is 3.54. The third-order valence-corrected chi connectivity index (χ3v) is 6.96. The first-order chi connectivity index (χ1) is 23.2. The summed E-state index contributed by atoms with van der Waals surface area (Å²) >= 11 is 0. The molecule has 4 aromatic rings. The molecule has 0 saturated heterocycles. The van der Waals surface area contributed by atoms with Gasteiger partial charge in [-0.1, -0.05) is 54.6 Å². The molecule has 49 heavy (non-hydrogen) atoms. The number of hydrogen-bond donors (Lipinski definition) is 5. The topological polar surface area (TPSA) is 169 Å². The summed E-state index contributed by atoms with van der Waals surface area (Å²) in [7, 11) is 0. The van der Waals surface area contributed by atoms with Crippen LogP contribution in [0.2, 0.25) is 0 Å². The molecule has 0 saturated carbocycles. The number of carbonyl (C=O) groups excluding carboxylic acids is 4. The van der Waals surface area contributed by atoms with Gasteiger partial charge < -0.3 is 44.7 Å². The molecule has 262 valence electrons. The second-order valence-corrected chi connectivity index (χ2v) is 11.6. The van der Waals surface area contributed by atoms with Crippen molar-refractivity contribution in [2.75, 3.05) is 0 Å². The fourth-order valence-electron chi connectivity index (χ4n) is 4.14. The van der Waals surface area contributed by atoms with E-state index >= 15 is 0 Å². The first-order valence-electron chi connectivity index (χ1n) is 16.0. The van der Waals surface area contributed by atoms with E-state index in [1.165, 1.54) is 13.0 Å². The predicted octanol–water partition coefficient (Wildman–Crippen LogP) is 7.36. The van der Waals surface area contributed by atoms with Crippen LogP contribution in [0.1, 0.15) is 75.6 Å². The van der Waals surface area contributed by atoms with Gasteiger partial charge in [-0.05, 0) is 112 Å². The van der Waals surface area contributed by atoms with Crippen molar-refractivity contribution in [3.8, 4) is 28.7 Å². The van der Waals surface area contributed by atoms with Gasteiger partial charge >= 0.3 is 0 Å². The fraction of sp³-hybridized carbons (Fsp3) is 0.300. The van der Waals surface area contributed by atoms with Crippen molar-refractivity contribution >= 4 is 23.1 Å². The first kappa shape index (κ1) is 41.6. The number of hydrogen-bond acceptors (Lipinski definition) is 9. The third-order valence-electron chi connectivity index (χ3n) is 6.96. The summed E-state index contributed by atoms with van der Waals surface area (Å²) in [6, 6.07) is 25.8. The Bertz CT molecular complexity index is 1630. The van der Waals surface area contributed by atoms with Crippen LogP contribution in [-0.2, 0) is 44.9 Å². The number of aromatic hydroxyl groups is 5. The van der Waals surface area contributed by atoms with Crippen LogP contribution in [0.25, 0.3) is 0 Å². The number of phenolic OH excluding ortho intramolecular Hbond substituents is 5. The highest BCUT2D eigenvalue weighted by atomic mass is 16.3. The van der Waals surface area contributed by atoms with Crippen LogP contribution < -0.4 is 0 Å². The summed E-state index contributed by atoms with van der Waals surface area (Å²) in [5, 5.41) is 45.9. The lowest BCUT2D eigenvalue weighted by atomic mass is 10.1. The van der Waals surface area contributed by atoms with Gasteiger partial charge in [-0.25, -0.2) is 0 Å². The minimum absolute atomic E-state index is 0.0720. The minimum Gasteiger partial charge on any atom is -0.508 e. The maximum Gasteiger partial charge on any atom is 0.160 e. The average Bonchev–Trinajstić information content (AvgIpc) is 3.05. The Labute approximate surface area is 288 Å². The first-order valence-corrected chi connectivity index (χ1v) is 16.0. The standard InChI is InChI=1S/C10H12O3.3C10H12O2/c1-7(11)5-6-8-3-2-4-9(12)10(8)13;1-8(11)2-3-9-4-6-10(12)7-5-9;1-8(11)5-6-9-3-2-4-10(12)7-9;1-8(11)6-7-9-4-2-3-5-10(9)12/h2-4,12-13H,5-6H2,1H3;4-7,12H,2-3H2,1H3;2-4,7,12H,5-6H2,1H3;2-5,12H,6-7H2,1H3. The second kappa shape index (κ2) is 23.0. The van der Waals surface area contributed by atoms with Gasteiger partial charge in [0.25, 0.3) is 0 Å². The van der Waals surface area contributed by atoms with Crippen LogP contribution in [0.4, 0.5) is 0 Å². The minimum atomic E-state index is -0.138. The molecule has 0 unspecified atom stereocenters. The number of phenols is 5. The van der Waals surface area contributed by atoms with E-state index in [0.29, 0.717) is 50.5 Å². The van der Waals surface area contributed by atoms with E-state index < -0.39 is 0 Å². The summed E-state index contributed by atoms with van der Waals surface area (Å²) in [5.74, 6) is 1.14. The van der Waals surface area contributed by atoms with E-state index in [1.807, 2.05) is 30.3 Å². The number of para-hydroxylation sites is 2. The van der Waals surface area contributed by atoms with Gasteiger partial charge in [0, 0.05) is 25.7 Å². The highest BCUT2D eigenvalue weighted by Crippen LogP contribution is 2.29. The fourth-order valence-corrected chi connectivity index (χ4v) is 4.14. The van der Waals surface area contributed by atoms with Crippen LogP contribution in [0.3, 0.4) is 0 Å². The summed E-state index contributed by atoms with van der Waals surface area (Å²) in [4.78, 5) is 42.6. The van der Waals surface area contributed by atoms with Crippen molar-refractivity contribution in [3.63, 3.8) is 0 Å². The quantitative estimate of drug-likeness (QED) is 0.0965. The molecule has 0 amide bonds. The van der Waals surface area contributed by atoms with E-state index in [9.17, 15) is 29.4 Å². The van der Waals surface area contributed by atoms with Gasteiger partial charge in [-0.2, -0.15) is 0 Å². The second-order valence-electron chi connectivity index (χ2n) is 11.6. The van der Waals surface area contributed by atoms with Crippen molar-refractivity contribution in [2.45, 2.75) is 79.1 Å². The van der Waals surface area contributed by atoms with E-state index in [4.69, 9.17) is 15.3 Å². The van der Waals surface area contributed by atoms with Crippen LogP contribution in [-0.4, -0.2) is 48.7 Å². The van der Waals surface area contributed by atoms with Crippen molar-refractivity contribution in [3.05, 3.63) is 113 Å². The number of carbonyl (C=O) groups is 4. The lowest BCUT2D eigenvalue weighted by Crippen LogP contribution is -1.94. The SMILES string of the molecule is CC(=O)CCc1ccc(O)cc1.CC(=O)CCc1cccc(O)c1.CC(=O)CCc1cccc(O)c1O.CC(=O)CCc1ccccc1O. The maximum atomic E-state index is 10.7. The Hall–Kier alpha value is -5.44. The van der Waals surface area contributed by atoms with Crippen molar-refractivity contribution < 1.29 is 44.7 Å². The number of benzene rings is 4. The molecule has 0 bridgehead atoms. The summed E-state index contributed by atoms with van der Waals surface area (Å²) < 4.78 is 0. The zero-order chi connectivity index (χ0) is 36.8. The zero-order valence-electron chi connectivity index (χ0n) is 28.7. The van der Waals surface area contributed by atoms with Gasteiger partial charge in [0.2, 0.25) is 0 Å². The lowest BCUT2D eigenvalue weighted by Gasteiger charge is -2.03. The largest absolute Gasteiger partial charge is 0.508 e. The molecule has 0 fully saturated rings. The van der Waals surface area contributed by atoms with Gasteiger partial charge in [-0.3, -0.25) is 0 Å². The van der Waals surface area contributed by atoms with Crippen molar-refractivity contribution in [2.24, 2.45) is 0 Å². The van der Waals surface area contributed by atoms with Gasteiger partial charge in [-0.15, -0.1) is 0 Å². The Morgan fingerprint density at radius 3 is 1.41 bits per heavy atom. The number of Topliss-reactive ketones (excluding diaryl/α,β-unsaturated/α-hetero) is 4. The molecule has 0 atom stereocenters. The lowest BCUT2D eigenvalue weighted by molar-refractivity contribution is -0.117. The molecule has 4 aromatic carbocycles. The molecule has 9 nitrogen and oxygen atoms in total. The van der Waals surface area contributed by atoms with Gasteiger partial charge in [0.05, 0.1) is 0 Å². The molecular formula is C40H48O9. The molecule has 0 aliphatic carbocycles. The molecular weight excluding hydrogens is 624 g/mol. The predicted molar refractivity (Wildman–Crippen MR) is 190 cm³/mol. The molecule has 0 heterocycles. The normalized spacial score (nSPS) is 9.80. The Morgan fingerprint density at radius 2 is 0.878 bits per heavy atom. The number of aryl methyl sites for hydroxylation is 4. The molecule has 0 spiro atoms. The van der Waals surface area contributed by atoms with Gasteiger partial charge in [0.15, 0.2) is 11.5 Å². The molecule has 0 radical (unpaired) electrons. The Balaban J connectivity index is 0.000000327. The summed E-state index contributed by atoms with van der Waals surface area (Å²) in [6.07, 6.45) is 4.57. The van der Waals surface area contributed by atoms with Crippen LogP contribution >= 0.6 is 0 Å². The maximum absolute atomic E-state index is 10.7. The average molecular weight is 673 g/mol. The summed E-state index contributed by atoms with van der Waals surface area (Å²) in [6.45, 7) is 6.21. The highest BCUT2D eigenvalue weighted by molar-refractivity contribution is 5.76. The molecule has 0 aliphatic rings. The third kappa shape index (κ3) is 19.7. The van der Waals surface area contributed by atoms with E-state index in [2.05, 4.69) is 0 Å². The molecule has 4 rings (SSSR count). The number of rotatable bonds is 12. The van der Waals surface area contributed by atoms with Crippen LogP contribution in [0.15, 0.2) is 91.0 Å². The molecule has 0 aliphatic heterocycles. The van der Waals surface area contributed by atoms with Gasteiger partial charge in [0.1, 0.15) is 40.4 Å². The Kier molecular flexibility index (Phi) is 19.5. The van der Waals surface area contributed by atoms with E-state index in [-0.39, 0.29) is 51.9 Å². The molecule has 9 heteroatoms. The van der Waals surface area contributed by atoms with E-state index in [0.717, 1.165) is 23.1 Å². The zero-order valence-corrected chi connectivity index (χ0v) is 28.7.